The monoisotopic (exact) mass is 238 g/mol. The van der Waals surface area contributed by atoms with Crippen molar-refractivity contribution in [3.63, 3.8) is 0 Å². The average molecular weight is 238 g/mol. The van der Waals surface area contributed by atoms with E-state index in [4.69, 9.17) is 15.6 Å². The number of carboxylic acids is 1. The number of ether oxygens (including phenoxy) is 1. The molecule has 1 rings (SSSR count). The third-order valence-corrected chi connectivity index (χ3v) is 2.41. The van der Waals surface area contributed by atoms with Crippen LogP contribution in [0.1, 0.15) is 37.0 Å². The maximum Gasteiger partial charge on any atom is 0.337 e. The van der Waals surface area contributed by atoms with Crippen LogP contribution in [0.5, 0.6) is 5.88 Å². The smallest absolute Gasteiger partial charge is 0.337 e. The van der Waals surface area contributed by atoms with Crippen LogP contribution in [0.2, 0.25) is 0 Å². The molecule has 0 saturated carbocycles. The van der Waals surface area contributed by atoms with Gasteiger partial charge in [-0.3, -0.25) is 0 Å². The van der Waals surface area contributed by atoms with Crippen molar-refractivity contribution in [3.05, 3.63) is 17.8 Å². The number of aromatic nitrogens is 1. The van der Waals surface area contributed by atoms with Crippen LogP contribution in [0.4, 0.5) is 5.69 Å². The molecule has 1 unspecified atom stereocenters. The highest BCUT2D eigenvalue weighted by Gasteiger charge is 2.09. The number of nitrogens with two attached hydrogens (primary N) is 1. The average Bonchev–Trinajstić information content (AvgIpc) is 2.27. The van der Waals surface area contributed by atoms with Gasteiger partial charge in [0.1, 0.15) is 0 Å². The van der Waals surface area contributed by atoms with E-state index in [0.29, 0.717) is 18.4 Å². The molecular formula is C12H18N2O3. The van der Waals surface area contributed by atoms with Gasteiger partial charge in [0.25, 0.3) is 0 Å². The number of nitrogens with zero attached hydrogens (tertiary/aromatic N) is 1. The Kier molecular flexibility index (Phi) is 4.75. The summed E-state index contributed by atoms with van der Waals surface area (Å²) in [5, 5.41) is 8.75. The number of hydrogen-bond acceptors (Lipinski definition) is 4. The lowest BCUT2D eigenvalue weighted by Gasteiger charge is -2.12. The van der Waals surface area contributed by atoms with Gasteiger partial charge in [-0.25, -0.2) is 9.78 Å². The molecule has 1 aromatic rings. The summed E-state index contributed by atoms with van der Waals surface area (Å²) in [6.45, 7) is 4.74. The zero-order valence-corrected chi connectivity index (χ0v) is 10.1. The Morgan fingerprint density at radius 1 is 1.65 bits per heavy atom. The SMILES string of the molecule is CCCC(C)COc1ncc(C(=O)O)cc1N. The van der Waals surface area contributed by atoms with E-state index in [0.717, 1.165) is 12.8 Å². The third kappa shape index (κ3) is 3.94. The van der Waals surface area contributed by atoms with Crippen molar-refractivity contribution >= 4 is 11.7 Å². The lowest BCUT2D eigenvalue weighted by Crippen LogP contribution is -2.11. The molecule has 94 valence electrons. The summed E-state index contributed by atoms with van der Waals surface area (Å²) >= 11 is 0. The quantitative estimate of drug-likeness (QED) is 0.793. The Morgan fingerprint density at radius 3 is 2.88 bits per heavy atom. The fourth-order valence-corrected chi connectivity index (χ4v) is 1.50. The van der Waals surface area contributed by atoms with Gasteiger partial charge in [-0.15, -0.1) is 0 Å². The minimum atomic E-state index is -1.05. The highest BCUT2D eigenvalue weighted by atomic mass is 16.5. The van der Waals surface area contributed by atoms with E-state index in [-0.39, 0.29) is 11.3 Å². The van der Waals surface area contributed by atoms with Gasteiger partial charge in [-0.1, -0.05) is 20.3 Å². The summed E-state index contributed by atoms with van der Waals surface area (Å²) < 4.78 is 5.46. The number of nitrogen functional groups attached to an aromatic ring is 1. The van der Waals surface area contributed by atoms with Crippen molar-refractivity contribution in [2.24, 2.45) is 5.92 Å². The van der Waals surface area contributed by atoms with Gasteiger partial charge in [0.2, 0.25) is 5.88 Å². The van der Waals surface area contributed by atoms with Crippen molar-refractivity contribution in [3.8, 4) is 5.88 Å². The zero-order chi connectivity index (χ0) is 12.8. The van der Waals surface area contributed by atoms with Crippen LogP contribution >= 0.6 is 0 Å². The van der Waals surface area contributed by atoms with E-state index >= 15 is 0 Å². The molecule has 0 spiro atoms. The van der Waals surface area contributed by atoms with Crippen LogP contribution in [0.15, 0.2) is 12.3 Å². The Hall–Kier alpha value is -1.78. The van der Waals surface area contributed by atoms with Gasteiger partial charge in [-0.05, 0) is 18.4 Å². The van der Waals surface area contributed by atoms with E-state index in [1.54, 1.807) is 0 Å². The van der Waals surface area contributed by atoms with Crippen molar-refractivity contribution in [1.82, 2.24) is 4.98 Å². The van der Waals surface area contributed by atoms with E-state index in [1.807, 2.05) is 0 Å². The molecule has 0 saturated heterocycles. The molecule has 0 fully saturated rings. The summed E-state index contributed by atoms with van der Waals surface area (Å²) in [6, 6.07) is 1.36. The Labute approximate surface area is 101 Å². The van der Waals surface area contributed by atoms with Gasteiger partial charge in [0.05, 0.1) is 17.9 Å². The first kappa shape index (κ1) is 13.3. The Bertz CT molecular complexity index is 393. The van der Waals surface area contributed by atoms with Crippen molar-refractivity contribution in [2.75, 3.05) is 12.3 Å². The second kappa shape index (κ2) is 6.08. The van der Waals surface area contributed by atoms with Crippen LogP contribution in [-0.2, 0) is 0 Å². The summed E-state index contributed by atoms with van der Waals surface area (Å²) in [6.07, 6.45) is 3.43. The standard InChI is InChI=1S/C12H18N2O3/c1-3-4-8(2)7-17-11-10(13)5-9(6-14-11)12(15)16/h5-6,8H,3-4,7,13H2,1-2H3,(H,15,16). The molecule has 0 aliphatic heterocycles. The number of hydrogen-bond donors (Lipinski definition) is 2. The normalized spacial score (nSPS) is 12.1. The zero-order valence-electron chi connectivity index (χ0n) is 10.1. The molecule has 0 amide bonds. The first-order valence-corrected chi connectivity index (χ1v) is 5.66. The molecule has 0 aliphatic rings. The van der Waals surface area contributed by atoms with Crippen molar-refractivity contribution in [2.45, 2.75) is 26.7 Å². The van der Waals surface area contributed by atoms with Gasteiger partial charge in [0, 0.05) is 6.20 Å². The minimum absolute atomic E-state index is 0.0662. The second-order valence-corrected chi connectivity index (χ2v) is 4.13. The number of pyridine rings is 1. The summed E-state index contributed by atoms with van der Waals surface area (Å²) in [7, 11) is 0. The van der Waals surface area contributed by atoms with Crippen LogP contribution in [0.3, 0.4) is 0 Å². The third-order valence-electron chi connectivity index (χ3n) is 2.41. The molecule has 1 aromatic heterocycles. The number of aromatic carboxylic acids is 1. The highest BCUT2D eigenvalue weighted by molar-refractivity contribution is 5.88. The van der Waals surface area contributed by atoms with Gasteiger partial charge in [-0.2, -0.15) is 0 Å². The van der Waals surface area contributed by atoms with Crippen LogP contribution < -0.4 is 10.5 Å². The van der Waals surface area contributed by atoms with E-state index in [1.165, 1.54) is 12.3 Å². The van der Waals surface area contributed by atoms with Gasteiger partial charge in [0.15, 0.2) is 0 Å². The van der Waals surface area contributed by atoms with Crippen molar-refractivity contribution < 1.29 is 14.6 Å². The summed E-state index contributed by atoms with van der Waals surface area (Å²) in [5.74, 6) is -0.312. The van der Waals surface area contributed by atoms with Crippen LogP contribution in [0, 0.1) is 5.92 Å². The van der Waals surface area contributed by atoms with Crippen LogP contribution in [0.25, 0.3) is 0 Å². The predicted octanol–water partition coefficient (Wildman–Crippen LogP) is 2.18. The van der Waals surface area contributed by atoms with Gasteiger partial charge < -0.3 is 15.6 Å². The fourth-order valence-electron chi connectivity index (χ4n) is 1.50. The summed E-state index contributed by atoms with van der Waals surface area (Å²) in [5.41, 5.74) is 5.99. The molecule has 0 aliphatic carbocycles. The molecular weight excluding hydrogens is 220 g/mol. The first-order chi connectivity index (χ1) is 8.04. The molecule has 1 heterocycles. The largest absolute Gasteiger partial charge is 0.478 e. The highest BCUT2D eigenvalue weighted by Crippen LogP contribution is 2.20. The predicted molar refractivity (Wildman–Crippen MR) is 65.2 cm³/mol. The van der Waals surface area contributed by atoms with Crippen molar-refractivity contribution in [1.29, 1.82) is 0 Å². The van der Waals surface area contributed by atoms with Crippen LogP contribution in [-0.4, -0.2) is 22.7 Å². The molecule has 5 nitrogen and oxygen atoms in total. The number of anilines is 1. The van der Waals surface area contributed by atoms with Gasteiger partial charge >= 0.3 is 5.97 Å². The Morgan fingerprint density at radius 2 is 2.35 bits per heavy atom. The van der Waals surface area contributed by atoms with E-state index in [9.17, 15) is 4.79 Å². The Balaban J connectivity index is 2.63. The molecule has 17 heavy (non-hydrogen) atoms. The molecule has 3 N–H and O–H groups in total. The lowest BCUT2D eigenvalue weighted by atomic mass is 10.1. The molecule has 0 radical (unpaired) electrons. The molecule has 0 bridgehead atoms. The minimum Gasteiger partial charge on any atom is -0.478 e. The first-order valence-electron chi connectivity index (χ1n) is 5.66. The second-order valence-electron chi connectivity index (χ2n) is 4.13. The summed E-state index contributed by atoms with van der Waals surface area (Å²) in [4.78, 5) is 14.6. The maximum atomic E-state index is 10.7. The number of carbonyl (C=O) groups is 1. The topological polar surface area (TPSA) is 85.4 Å². The lowest BCUT2D eigenvalue weighted by molar-refractivity contribution is 0.0696. The van der Waals surface area contributed by atoms with E-state index < -0.39 is 5.97 Å². The molecule has 0 aromatic carbocycles. The molecule has 5 heteroatoms. The molecule has 1 atom stereocenters. The maximum absolute atomic E-state index is 10.7. The number of rotatable bonds is 6. The van der Waals surface area contributed by atoms with E-state index in [2.05, 4.69) is 18.8 Å². The number of carboxylic acid groups (broad SMARTS) is 1. The fraction of sp³-hybridized carbons (Fsp3) is 0.500.